The summed E-state index contributed by atoms with van der Waals surface area (Å²) in [6, 6.07) is 17.8. The molecule has 1 heterocycles. The molecule has 0 radical (unpaired) electrons. The molecule has 0 aromatic heterocycles. The summed E-state index contributed by atoms with van der Waals surface area (Å²) in [6.07, 6.45) is -1.20. The third-order valence-electron chi connectivity index (χ3n) is 3.33. The van der Waals surface area contributed by atoms with Crippen LogP contribution in [0.4, 0.5) is 0 Å². The standard InChI is InChI=1S/C16H14O3/c17-14-10-15(18)19-16(14)13-8-6-12(7-9-13)11-4-2-1-3-5-11/h1-9,14,16-17H,10H2/t14-,16+/m1/s1. The number of aliphatic hydroxyl groups excluding tert-OH is 1. The topological polar surface area (TPSA) is 46.5 Å². The highest BCUT2D eigenvalue weighted by atomic mass is 16.6. The molecular formula is C16H14O3. The quantitative estimate of drug-likeness (QED) is 0.838. The lowest BCUT2D eigenvalue weighted by Crippen LogP contribution is -2.11. The zero-order valence-electron chi connectivity index (χ0n) is 10.3. The van der Waals surface area contributed by atoms with Crippen molar-refractivity contribution in [2.24, 2.45) is 0 Å². The molecule has 1 N–H and O–H groups in total. The fraction of sp³-hybridized carbons (Fsp3) is 0.188. The Hall–Kier alpha value is -2.13. The molecule has 0 aliphatic carbocycles. The number of benzene rings is 2. The van der Waals surface area contributed by atoms with E-state index in [4.69, 9.17) is 4.74 Å². The number of esters is 1. The molecule has 0 amide bonds. The van der Waals surface area contributed by atoms with Crippen molar-refractivity contribution in [3.05, 3.63) is 60.2 Å². The number of aliphatic hydroxyl groups is 1. The third-order valence-corrected chi connectivity index (χ3v) is 3.33. The lowest BCUT2D eigenvalue weighted by atomic mass is 10.00. The maximum absolute atomic E-state index is 11.1. The molecule has 2 atom stereocenters. The average molecular weight is 254 g/mol. The monoisotopic (exact) mass is 254 g/mol. The van der Waals surface area contributed by atoms with Gasteiger partial charge in [-0.3, -0.25) is 4.79 Å². The fourth-order valence-electron chi connectivity index (χ4n) is 2.33. The molecule has 1 saturated heterocycles. The van der Waals surface area contributed by atoms with E-state index in [9.17, 15) is 9.90 Å². The van der Waals surface area contributed by atoms with E-state index in [0.717, 1.165) is 16.7 Å². The van der Waals surface area contributed by atoms with Gasteiger partial charge in [-0.25, -0.2) is 0 Å². The molecule has 3 nitrogen and oxygen atoms in total. The van der Waals surface area contributed by atoms with Crippen LogP contribution in [0, 0.1) is 0 Å². The summed E-state index contributed by atoms with van der Waals surface area (Å²) in [5, 5.41) is 9.75. The van der Waals surface area contributed by atoms with Gasteiger partial charge in [-0.2, -0.15) is 0 Å². The summed E-state index contributed by atoms with van der Waals surface area (Å²) in [5.41, 5.74) is 3.07. The van der Waals surface area contributed by atoms with Crippen molar-refractivity contribution in [2.45, 2.75) is 18.6 Å². The molecular weight excluding hydrogens is 240 g/mol. The zero-order chi connectivity index (χ0) is 13.2. The summed E-state index contributed by atoms with van der Waals surface area (Å²) in [5.74, 6) is -0.343. The maximum atomic E-state index is 11.1. The SMILES string of the molecule is O=C1C[C@@H](O)[C@H](c2ccc(-c3ccccc3)cc2)O1. The summed E-state index contributed by atoms with van der Waals surface area (Å²) in [7, 11) is 0. The highest BCUT2D eigenvalue weighted by Crippen LogP contribution is 2.31. The molecule has 0 saturated carbocycles. The Morgan fingerprint density at radius 3 is 2.16 bits per heavy atom. The molecule has 3 heteroatoms. The van der Waals surface area contributed by atoms with Crippen molar-refractivity contribution in [2.75, 3.05) is 0 Å². The van der Waals surface area contributed by atoms with E-state index in [1.165, 1.54) is 0 Å². The molecule has 1 aliphatic heterocycles. The van der Waals surface area contributed by atoms with E-state index in [-0.39, 0.29) is 12.4 Å². The molecule has 0 bridgehead atoms. The number of rotatable bonds is 2. The molecule has 96 valence electrons. The second-order valence-electron chi connectivity index (χ2n) is 4.67. The van der Waals surface area contributed by atoms with Crippen molar-refractivity contribution in [1.82, 2.24) is 0 Å². The fourth-order valence-corrected chi connectivity index (χ4v) is 2.33. The summed E-state index contributed by atoms with van der Waals surface area (Å²) < 4.78 is 5.12. The van der Waals surface area contributed by atoms with Crippen LogP contribution in [0.1, 0.15) is 18.1 Å². The van der Waals surface area contributed by atoms with Crippen LogP contribution in [0.2, 0.25) is 0 Å². The molecule has 1 aliphatic rings. The lowest BCUT2D eigenvalue weighted by molar-refractivity contribution is -0.142. The van der Waals surface area contributed by atoms with Crippen LogP contribution in [0.25, 0.3) is 11.1 Å². The van der Waals surface area contributed by atoms with Gasteiger partial charge in [-0.15, -0.1) is 0 Å². The molecule has 2 aromatic rings. The van der Waals surface area contributed by atoms with Crippen molar-refractivity contribution < 1.29 is 14.6 Å². The largest absolute Gasteiger partial charge is 0.455 e. The Balaban J connectivity index is 1.85. The zero-order valence-corrected chi connectivity index (χ0v) is 10.3. The summed E-state index contributed by atoms with van der Waals surface area (Å²) in [4.78, 5) is 11.1. The number of hydrogen-bond acceptors (Lipinski definition) is 3. The van der Waals surface area contributed by atoms with Gasteiger partial charge in [0.15, 0.2) is 6.10 Å². The van der Waals surface area contributed by atoms with Crippen molar-refractivity contribution in [3.8, 4) is 11.1 Å². The van der Waals surface area contributed by atoms with Crippen molar-refractivity contribution >= 4 is 5.97 Å². The highest BCUT2D eigenvalue weighted by molar-refractivity contribution is 5.73. The smallest absolute Gasteiger partial charge is 0.309 e. The van der Waals surface area contributed by atoms with Crippen molar-refractivity contribution in [3.63, 3.8) is 0 Å². The first-order chi connectivity index (χ1) is 9.24. The number of ether oxygens (including phenoxy) is 1. The molecule has 0 spiro atoms. The molecule has 1 fully saturated rings. The molecule has 2 aromatic carbocycles. The van der Waals surface area contributed by atoms with Crippen LogP contribution in [-0.2, 0) is 9.53 Å². The molecule has 19 heavy (non-hydrogen) atoms. The second kappa shape index (κ2) is 4.86. The van der Waals surface area contributed by atoms with Gasteiger partial charge in [0.2, 0.25) is 0 Å². The van der Waals surface area contributed by atoms with Gasteiger partial charge in [0.05, 0.1) is 6.42 Å². The first kappa shape index (κ1) is 11.9. The van der Waals surface area contributed by atoms with Gasteiger partial charge in [0, 0.05) is 0 Å². The normalized spacial score (nSPS) is 22.3. The van der Waals surface area contributed by atoms with Gasteiger partial charge in [0.1, 0.15) is 6.10 Å². The van der Waals surface area contributed by atoms with Crippen molar-refractivity contribution in [1.29, 1.82) is 0 Å². The predicted octanol–water partition coefficient (Wildman–Crippen LogP) is 2.70. The van der Waals surface area contributed by atoms with E-state index in [2.05, 4.69) is 0 Å². The Labute approximate surface area is 111 Å². The summed E-state index contributed by atoms with van der Waals surface area (Å²) in [6.45, 7) is 0. The van der Waals surface area contributed by atoms with Gasteiger partial charge in [-0.1, -0.05) is 54.6 Å². The van der Waals surface area contributed by atoms with Crippen LogP contribution in [0.5, 0.6) is 0 Å². The van der Waals surface area contributed by atoms with Crippen LogP contribution >= 0.6 is 0 Å². The average Bonchev–Trinajstić information content (AvgIpc) is 2.79. The van der Waals surface area contributed by atoms with Crippen LogP contribution < -0.4 is 0 Å². The first-order valence-electron chi connectivity index (χ1n) is 6.27. The highest BCUT2D eigenvalue weighted by Gasteiger charge is 2.34. The Morgan fingerprint density at radius 1 is 0.947 bits per heavy atom. The Morgan fingerprint density at radius 2 is 1.58 bits per heavy atom. The number of cyclic esters (lactones) is 1. The van der Waals surface area contributed by atoms with Gasteiger partial charge < -0.3 is 9.84 Å². The third kappa shape index (κ3) is 2.37. The van der Waals surface area contributed by atoms with E-state index in [1.807, 2.05) is 54.6 Å². The number of carbonyl (C=O) groups is 1. The van der Waals surface area contributed by atoms with E-state index < -0.39 is 12.2 Å². The first-order valence-corrected chi connectivity index (χ1v) is 6.27. The van der Waals surface area contributed by atoms with Crippen LogP contribution in [0.15, 0.2) is 54.6 Å². The Kier molecular flexibility index (Phi) is 3.05. The van der Waals surface area contributed by atoms with Crippen LogP contribution in [0.3, 0.4) is 0 Å². The molecule has 3 rings (SSSR count). The van der Waals surface area contributed by atoms with E-state index in [1.54, 1.807) is 0 Å². The second-order valence-corrected chi connectivity index (χ2v) is 4.67. The van der Waals surface area contributed by atoms with Gasteiger partial charge in [-0.05, 0) is 16.7 Å². The number of carbonyl (C=O) groups excluding carboxylic acids is 1. The van der Waals surface area contributed by atoms with Gasteiger partial charge >= 0.3 is 5.97 Å². The Bertz CT molecular complexity index is 575. The van der Waals surface area contributed by atoms with E-state index >= 15 is 0 Å². The number of hydrogen-bond donors (Lipinski definition) is 1. The molecule has 0 unspecified atom stereocenters. The van der Waals surface area contributed by atoms with Gasteiger partial charge in [0.25, 0.3) is 0 Å². The lowest BCUT2D eigenvalue weighted by Gasteiger charge is -2.13. The maximum Gasteiger partial charge on any atom is 0.309 e. The van der Waals surface area contributed by atoms with Crippen LogP contribution in [-0.4, -0.2) is 17.2 Å². The summed E-state index contributed by atoms with van der Waals surface area (Å²) >= 11 is 0. The minimum Gasteiger partial charge on any atom is -0.455 e. The minimum absolute atomic E-state index is 0.0745. The predicted molar refractivity (Wildman–Crippen MR) is 71.3 cm³/mol. The minimum atomic E-state index is -0.741. The van der Waals surface area contributed by atoms with E-state index in [0.29, 0.717) is 0 Å².